The normalized spacial score (nSPS) is 18.3. The summed E-state index contributed by atoms with van der Waals surface area (Å²) in [5.74, 6) is -1.65. The number of hydrogen-bond acceptors (Lipinski definition) is 7. The van der Waals surface area contributed by atoms with Crippen LogP contribution in [0.1, 0.15) is 52.0 Å². The molecule has 1 aliphatic rings. The van der Waals surface area contributed by atoms with Gasteiger partial charge in [-0.05, 0) is 77.1 Å². The van der Waals surface area contributed by atoms with Crippen molar-refractivity contribution in [2.75, 3.05) is 11.1 Å². The molecule has 0 unspecified atom stereocenters. The highest BCUT2D eigenvalue weighted by Gasteiger charge is 2.25. The Bertz CT molecular complexity index is 1250. The number of pyridine rings is 1. The predicted molar refractivity (Wildman–Crippen MR) is 131 cm³/mol. The monoisotopic (exact) mass is 484 g/mol. The lowest BCUT2D eigenvalue weighted by molar-refractivity contribution is 0.0492. The van der Waals surface area contributed by atoms with Crippen molar-refractivity contribution in [2.24, 2.45) is 0 Å². The molecule has 0 atom stereocenters. The van der Waals surface area contributed by atoms with Gasteiger partial charge in [-0.15, -0.1) is 0 Å². The summed E-state index contributed by atoms with van der Waals surface area (Å²) < 4.78 is 33.7. The van der Waals surface area contributed by atoms with Gasteiger partial charge in [0.05, 0.1) is 23.1 Å². The number of aromatic nitrogens is 3. The third-order valence-corrected chi connectivity index (χ3v) is 5.91. The summed E-state index contributed by atoms with van der Waals surface area (Å²) in [5, 5.41) is 6.30. The van der Waals surface area contributed by atoms with Gasteiger partial charge in [0, 0.05) is 17.6 Å². The molecule has 186 valence electrons. The summed E-state index contributed by atoms with van der Waals surface area (Å²) in [4.78, 5) is 25.4. The fraction of sp³-hybridized carbons (Fsp3) is 0.440. The van der Waals surface area contributed by atoms with Crippen LogP contribution in [0.3, 0.4) is 0 Å². The first-order chi connectivity index (χ1) is 16.5. The third-order valence-electron chi connectivity index (χ3n) is 5.91. The molecule has 4 rings (SSSR count). The number of fused-ring (bicyclic) bond motifs is 1. The molecule has 8 nitrogen and oxygen atoms in total. The van der Waals surface area contributed by atoms with E-state index in [-0.39, 0.29) is 29.0 Å². The average molecular weight is 485 g/mol. The van der Waals surface area contributed by atoms with Crippen molar-refractivity contribution in [1.29, 1.82) is 0 Å². The van der Waals surface area contributed by atoms with E-state index < -0.39 is 23.3 Å². The maximum absolute atomic E-state index is 14.4. The second-order valence-electron chi connectivity index (χ2n) is 9.92. The molecule has 0 aliphatic heterocycles. The molecule has 1 saturated carbocycles. The number of benzene rings is 1. The van der Waals surface area contributed by atoms with Crippen molar-refractivity contribution in [2.45, 2.75) is 71.1 Å². The van der Waals surface area contributed by atoms with Gasteiger partial charge >= 0.3 is 6.09 Å². The van der Waals surface area contributed by atoms with Crippen molar-refractivity contribution >= 4 is 28.8 Å². The van der Waals surface area contributed by atoms with E-state index in [4.69, 9.17) is 10.5 Å². The van der Waals surface area contributed by atoms with Crippen molar-refractivity contribution < 1.29 is 18.3 Å². The molecule has 10 heteroatoms. The first-order valence-corrected chi connectivity index (χ1v) is 11.6. The van der Waals surface area contributed by atoms with Gasteiger partial charge in [-0.1, -0.05) is 0 Å². The van der Waals surface area contributed by atoms with Crippen molar-refractivity contribution in [3.05, 3.63) is 41.6 Å². The predicted octanol–water partition coefficient (Wildman–Crippen LogP) is 5.11. The van der Waals surface area contributed by atoms with Crippen LogP contribution in [0.5, 0.6) is 0 Å². The maximum atomic E-state index is 14.4. The number of nitrogens with one attached hydrogen (secondary N) is 2. The quantitative estimate of drug-likeness (QED) is 0.441. The van der Waals surface area contributed by atoms with Crippen LogP contribution in [-0.2, 0) is 4.74 Å². The molecule has 0 radical (unpaired) electrons. The second kappa shape index (κ2) is 9.59. The highest BCUT2D eigenvalue weighted by atomic mass is 19.2. The van der Waals surface area contributed by atoms with E-state index in [1.807, 2.05) is 27.7 Å². The third kappa shape index (κ3) is 5.75. The Morgan fingerprint density at radius 2 is 1.77 bits per heavy atom. The molecule has 1 aromatic carbocycles. The summed E-state index contributed by atoms with van der Waals surface area (Å²) in [7, 11) is 0. The van der Waals surface area contributed by atoms with Crippen LogP contribution in [0.2, 0.25) is 0 Å². The molecule has 0 spiro atoms. The summed E-state index contributed by atoms with van der Waals surface area (Å²) in [6.45, 7) is 7.35. The van der Waals surface area contributed by atoms with Crippen molar-refractivity contribution in [3.63, 3.8) is 0 Å². The number of amides is 1. The highest BCUT2D eigenvalue weighted by Crippen LogP contribution is 2.29. The van der Waals surface area contributed by atoms with E-state index in [0.29, 0.717) is 17.0 Å². The van der Waals surface area contributed by atoms with Crippen molar-refractivity contribution in [3.8, 4) is 11.3 Å². The Hall–Kier alpha value is -3.56. The first-order valence-electron chi connectivity index (χ1n) is 11.6. The van der Waals surface area contributed by atoms with Crippen LogP contribution in [0.25, 0.3) is 22.3 Å². The average Bonchev–Trinajstić information content (AvgIpc) is 2.78. The van der Waals surface area contributed by atoms with Crippen LogP contribution < -0.4 is 16.4 Å². The molecule has 35 heavy (non-hydrogen) atoms. The molecule has 3 aromatic rings. The molecule has 1 amide bonds. The number of aryl methyl sites for hydroxylation is 1. The first kappa shape index (κ1) is 24.6. The van der Waals surface area contributed by atoms with Gasteiger partial charge in [-0.3, -0.25) is 0 Å². The van der Waals surface area contributed by atoms with Gasteiger partial charge in [-0.2, -0.15) is 0 Å². The molecular formula is C25H30F2N6O2. The van der Waals surface area contributed by atoms with Gasteiger partial charge in [0.2, 0.25) is 5.95 Å². The van der Waals surface area contributed by atoms with Crippen LogP contribution in [0.4, 0.5) is 25.2 Å². The zero-order valence-corrected chi connectivity index (χ0v) is 20.3. The lowest BCUT2D eigenvalue weighted by Crippen LogP contribution is -2.42. The van der Waals surface area contributed by atoms with E-state index in [0.717, 1.165) is 31.2 Å². The zero-order valence-electron chi connectivity index (χ0n) is 20.3. The highest BCUT2D eigenvalue weighted by molar-refractivity contribution is 5.82. The number of nitrogens with two attached hydrogens (primary N) is 1. The molecule has 2 heterocycles. The van der Waals surface area contributed by atoms with Gasteiger partial charge in [0.15, 0.2) is 11.6 Å². The number of anilines is 2. The van der Waals surface area contributed by atoms with Crippen LogP contribution >= 0.6 is 0 Å². The Balaban J connectivity index is 1.43. The van der Waals surface area contributed by atoms with Gasteiger partial charge in [0.25, 0.3) is 0 Å². The second-order valence-corrected chi connectivity index (χ2v) is 9.92. The Morgan fingerprint density at radius 3 is 2.46 bits per heavy atom. The summed E-state index contributed by atoms with van der Waals surface area (Å²) in [6, 6.07) is 4.63. The van der Waals surface area contributed by atoms with Crippen LogP contribution in [0.15, 0.2) is 24.4 Å². The molecule has 2 aromatic heterocycles. The SMILES string of the molecule is Cc1cc(-c2ccc(N)c(F)c2F)nc2cnc(N[C@H]3CC[C@H](NC(=O)OC(C)(C)C)CC3)nc12. The maximum Gasteiger partial charge on any atom is 0.407 e. The molecule has 1 aliphatic carbocycles. The number of nitrogen functional groups attached to an aromatic ring is 1. The minimum Gasteiger partial charge on any atom is -0.444 e. The Kier molecular flexibility index (Phi) is 6.73. The lowest BCUT2D eigenvalue weighted by Gasteiger charge is -2.30. The number of nitrogens with zero attached hydrogens (tertiary/aromatic N) is 3. The number of ether oxygens (including phenoxy) is 1. The number of carbonyl (C=O) groups is 1. The van der Waals surface area contributed by atoms with Crippen molar-refractivity contribution in [1.82, 2.24) is 20.3 Å². The smallest absolute Gasteiger partial charge is 0.407 e. The molecule has 0 saturated heterocycles. The van der Waals surface area contributed by atoms with Gasteiger partial charge in [-0.25, -0.2) is 28.5 Å². The van der Waals surface area contributed by atoms with Gasteiger partial charge < -0.3 is 21.1 Å². The molecular weight excluding hydrogens is 454 g/mol. The molecule has 4 N–H and O–H groups in total. The number of rotatable bonds is 4. The van der Waals surface area contributed by atoms with E-state index in [1.54, 1.807) is 12.3 Å². The topological polar surface area (TPSA) is 115 Å². The standard InChI is InChI=1S/C25H30F2N6O2/c1-13-11-18(16-9-10-17(28)21(27)20(16)26)32-19-12-29-23(33-22(13)19)30-14-5-7-15(8-6-14)31-24(34)35-25(2,3)4/h9-12,14-15H,5-8,28H2,1-4H3,(H,31,34)(H,29,30,33)/t14-,15-. The number of hydrogen-bond donors (Lipinski definition) is 3. The summed E-state index contributed by atoms with van der Waals surface area (Å²) >= 11 is 0. The van der Waals surface area contributed by atoms with E-state index >= 15 is 0 Å². The fourth-order valence-corrected chi connectivity index (χ4v) is 4.19. The van der Waals surface area contributed by atoms with E-state index in [1.165, 1.54) is 12.1 Å². The number of carbonyl (C=O) groups excluding carboxylic acids is 1. The van der Waals surface area contributed by atoms with Gasteiger partial charge in [0.1, 0.15) is 11.1 Å². The minimum atomic E-state index is -1.09. The number of alkyl carbamates (subject to hydrolysis) is 1. The van der Waals surface area contributed by atoms with E-state index in [2.05, 4.69) is 25.6 Å². The number of halogens is 2. The summed E-state index contributed by atoms with van der Waals surface area (Å²) in [6.07, 6.45) is 4.51. The molecule has 1 fully saturated rings. The largest absolute Gasteiger partial charge is 0.444 e. The molecule has 0 bridgehead atoms. The zero-order chi connectivity index (χ0) is 25.3. The van der Waals surface area contributed by atoms with E-state index in [9.17, 15) is 13.6 Å². The Labute approximate surface area is 202 Å². The minimum absolute atomic E-state index is 0.0284. The summed E-state index contributed by atoms with van der Waals surface area (Å²) in [5.41, 5.74) is 6.85. The Morgan fingerprint density at radius 1 is 1.09 bits per heavy atom. The van der Waals surface area contributed by atoms with Crippen LogP contribution in [-0.4, -0.2) is 38.7 Å². The lowest BCUT2D eigenvalue weighted by atomic mass is 9.91. The fourth-order valence-electron chi connectivity index (χ4n) is 4.19. The van der Waals surface area contributed by atoms with Crippen LogP contribution in [0, 0.1) is 18.6 Å².